The van der Waals surface area contributed by atoms with Crippen molar-refractivity contribution < 1.29 is 17.9 Å². The molecular formula is C21H25F3N4O. The summed E-state index contributed by atoms with van der Waals surface area (Å²) in [5.41, 5.74) is 4.64. The summed E-state index contributed by atoms with van der Waals surface area (Å²) in [7, 11) is 1.66. The van der Waals surface area contributed by atoms with Crippen molar-refractivity contribution in [3.63, 3.8) is 0 Å². The summed E-state index contributed by atoms with van der Waals surface area (Å²) in [5.74, 6) is 1.09. The van der Waals surface area contributed by atoms with Crippen LogP contribution in [0.3, 0.4) is 0 Å². The van der Waals surface area contributed by atoms with Gasteiger partial charge in [-0.05, 0) is 68.8 Å². The Morgan fingerprint density at radius 1 is 1.17 bits per heavy atom. The number of rotatable bonds is 6. The molecule has 156 valence electrons. The zero-order chi connectivity index (χ0) is 20.9. The standard InChI is InChI=1S/C21H25F3N4O/c1-15(26-27-20-9-7-18(13-25-20)21(22,23)24)16-6-8-19(29-2)17(12-16)14-28-10-4-3-5-11-28/h6-9,12-13H,3-5,10-11,14H2,1-2H3,(H,25,27)/b26-15-. The smallest absolute Gasteiger partial charge is 0.417 e. The van der Waals surface area contributed by atoms with E-state index >= 15 is 0 Å². The molecule has 1 aliphatic rings. The summed E-state index contributed by atoms with van der Waals surface area (Å²) in [6, 6.07) is 8.12. The number of anilines is 1. The summed E-state index contributed by atoms with van der Waals surface area (Å²) < 4.78 is 43.4. The van der Waals surface area contributed by atoms with Crippen molar-refractivity contribution in [3.05, 3.63) is 53.2 Å². The summed E-state index contributed by atoms with van der Waals surface area (Å²) in [5, 5.41) is 4.27. The highest BCUT2D eigenvalue weighted by Gasteiger charge is 2.30. The Bertz CT molecular complexity index is 844. The van der Waals surface area contributed by atoms with E-state index in [9.17, 15) is 13.2 Å². The second-order valence-corrected chi connectivity index (χ2v) is 7.10. The number of nitrogens with one attached hydrogen (secondary N) is 1. The van der Waals surface area contributed by atoms with Gasteiger partial charge in [0, 0.05) is 18.3 Å². The third kappa shape index (κ3) is 5.69. The first kappa shape index (κ1) is 21.1. The number of hydrogen-bond donors (Lipinski definition) is 1. The lowest BCUT2D eigenvalue weighted by atomic mass is 10.0. The highest BCUT2D eigenvalue weighted by Crippen LogP contribution is 2.29. The number of likely N-dealkylation sites (tertiary alicyclic amines) is 1. The van der Waals surface area contributed by atoms with E-state index in [1.807, 2.05) is 25.1 Å². The van der Waals surface area contributed by atoms with E-state index in [-0.39, 0.29) is 5.82 Å². The predicted molar refractivity (Wildman–Crippen MR) is 107 cm³/mol. The molecule has 0 atom stereocenters. The first-order chi connectivity index (χ1) is 13.9. The molecule has 1 aromatic heterocycles. The molecule has 1 N–H and O–H groups in total. The maximum Gasteiger partial charge on any atom is 0.417 e. The quantitative estimate of drug-likeness (QED) is 0.546. The molecule has 2 aromatic rings. The number of pyridine rings is 1. The number of hydrazone groups is 1. The molecule has 1 aliphatic heterocycles. The van der Waals surface area contributed by atoms with E-state index in [2.05, 4.69) is 20.4 Å². The number of nitrogens with zero attached hydrogens (tertiary/aromatic N) is 3. The van der Waals surface area contributed by atoms with Gasteiger partial charge in [0.25, 0.3) is 0 Å². The van der Waals surface area contributed by atoms with Crippen molar-refractivity contribution >= 4 is 11.5 Å². The van der Waals surface area contributed by atoms with Gasteiger partial charge in [-0.3, -0.25) is 10.3 Å². The Labute approximate surface area is 168 Å². The number of halogens is 3. The fourth-order valence-electron chi connectivity index (χ4n) is 3.32. The number of methoxy groups -OCH3 is 1. The lowest BCUT2D eigenvalue weighted by Gasteiger charge is -2.27. The van der Waals surface area contributed by atoms with Crippen LogP contribution >= 0.6 is 0 Å². The molecule has 0 unspecified atom stereocenters. The van der Waals surface area contributed by atoms with Crippen LogP contribution in [0.4, 0.5) is 19.0 Å². The number of piperidine rings is 1. The van der Waals surface area contributed by atoms with Crippen LogP contribution < -0.4 is 10.2 Å². The number of aromatic nitrogens is 1. The van der Waals surface area contributed by atoms with Gasteiger partial charge >= 0.3 is 6.18 Å². The van der Waals surface area contributed by atoms with Crippen LogP contribution in [0, 0.1) is 0 Å². The topological polar surface area (TPSA) is 49.8 Å². The molecule has 1 saturated heterocycles. The van der Waals surface area contributed by atoms with Crippen LogP contribution in [0.1, 0.15) is 42.9 Å². The van der Waals surface area contributed by atoms with Crippen molar-refractivity contribution in [2.24, 2.45) is 5.10 Å². The number of ether oxygens (including phenoxy) is 1. The Morgan fingerprint density at radius 3 is 2.55 bits per heavy atom. The molecule has 0 bridgehead atoms. The molecule has 0 radical (unpaired) electrons. The van der Waals surface area contributed by atoms with E-state index in [0.717, 1.165) is 48.8 Å². The molecule has 3 rings (SSSR count). The zero-order valence-electron chi connectivity index (χ0n) is 16.6. The normalized spacial score (nSPS) is 16.0. The van der Waals surface area contributed by atoms with Gasteiger partial charge in [-0.15, -0.1) is 0 Å². The molecule has 29 heavy (non-hydrogen) atoms. The van der Waals surface area contributed by atoms with Gasteiger partial charge in [0.1, 0.15) is 11.6 Å². The first-order valence-corrected chi connectivity index (χ1v) is 9.60. The van der Waals surface area contributed by atoms with Crippen LogP contribution in [-0.4, -0.2) is 35.8 Å². The van der Waals surface area contributed by atoms with Crippen LogP contribution in [0.25, 0.3) is 0 Å². The molecule has 2 heterocycles. The molecular weight excluding hydrogens is 381 g/mol. The van der Waals surface area contributed by atoms with Crippen LogP contribution in [0.15, 0.2) is 41.6 Å². The van der Waals surface area contributed by atoms with E-state index in [0.29, 0.717) is 5.71 Å². The van der Waals surface area contributed by atoms with Crippen LogP contribution in [-0.2, 0) is 12.7 Å². The molecule has 0 saturated carbocycles. The minimum absolute atomic E-state index is 0.249. The van der Waals surface area contributed by atoms with Crippen LogP contribution in [0.2, 0.25) is 0 Å². The molecule has 1 fully saturated rings. The Balaban J connectivity index is 1.72. The summed E-state index contributed by atoms with van der Waals surface area (Å²) >= 11 is 0. The second-order valence-electron chi connectivity index (χ2n) is 7.10. The Morgan fingerprint density at radius 2 is 1.93 bits per heavy atom. The zero-order valence-corrected chi connectivity index (χ0v) is 16.6. The van der Waals surface area contributed by atoms with E-state index < -0.39 is 11.7 Å². The number of hydrogen-bond acceptors (Lipinski definition) is 5. The maximum absolute atomic E-state index is 12.6. The van der Waals surface area contributed by atoms with E-state index in [4.69, 9.17) is 4.74 Å². The van der Waals surface area contributed by atoms with Gasteiger partial charge in [-0.2, -0.15) is 18.3 Å². The highest BCUT2D eigenvalue weighted by atomic mass is 19.4. The maximum atomic E-state index is 12.6. The monoisotopic (exact) mass is 406 g/mol. The van der Waals surface area contributed by atoms with Crippen molar-refractivity contribution in [1.82, 2.24) is 9.88 Å². The molecule has 5 nitrogen and oxygen atoms in total. The summed E-state index contributed by atoms with van der Waals surface area (Å²) in [6.07, 6.45) is 0.0953. The Hall–Kier alpha value is -2.61. The summed E-state index contributed by atoms with van der Waals surface area (Å²) in [6.45, 7) is 4.82. The van der Waals surface area contributed by atoms with Gasteiger partial charge in [0.05, 0.1) is 18.4 Å². The fraction of sp³-hybridized carbons (Fsp3) is 0.429. The summed E-state index contributed by atoms with van der Waals surface area (Å²) in [4.78, 5) is 6.19. The average Bonchev–Trinajstić information content (AvgIpc) is 2.72. The third-order valence-corrected chi connectivity index (χ3v) is 4.97. The van der Waals surface area contributed by atoms with Crippen molar-refractivity contribution in [3.8, 4) is 5.75 Å². The van der Waals surface area contributed by atoms with E-state index in [1.54, 1.807) is 7.11 Å². The largest absolute Gasteiger partial charge is 0.496 e. The Kier molecular flexibility index (Phi) is 6.74. The van der Waals surface area contributed by atoms with Gasteiger partial charge in [-0.25, -0.2) is 4.98 Å². The SMILES string of the molecule is COc1ccc(/C(C)=N\Nc2ccc(C(F)(F)F)cn2)cc1CN1CCCCC1. The van der Waals surface area contributed by atoms with Crippen LogP contribution in [0.5, 0.6) is 5.75 Å². The number of alkyl halides is 3. The minimum atomic E-state index is -4.40. The minimum Gasteiger partial charge on any atom is -0.496 e. The molecule has 0 amide bonds. The van der Waals surface area contributed by atoms with Gasteiger partial charge in [0.2, 0.25) is 0 Å². The van der Waals surface area contributed by atoms with Gasteiger partial charge in [-0.1, -0.05) is 6.42 Å². The fourth-order valence-corrected chi connectivity index (χ4v) is 3.32. The molecule has 8 heteroatoms. The van der Waals surface area contributed by atoms with Crippen molar-refractivity contribution in [1.29, 1.82) is 0 Å². The predicted octanol–water partition coefficient (Wildman–Crippen LogP) is 4.93. The molecule has 0 spiro atoms. The number of benzene rings is 1. The van der Waals surface area contributed by atoms with Crippen molar-refractivity contribution in [2.45, 2.75) is 38.9 Å². The highest BCUT2D eigenvalue weighted by molar-refractivity contribution is 5.99. The third-order valence-electron chi connectivity index (χ3n) is 4.97. The van der Waals surface area contributed by atoms with Gasteiger partial charge < -0.3 is 4.74 Å². The van der Waals surface area contributed by atoms with Gasteiger partial charge in [0.15, 0.2) is 0 Å². The lowest BCUT2D eigenvalue weighted by Crippen LogP contribution is -2.29. The second kappa shape index (κ2) is 9.26. The van der Waals surface area contributed by atoms with E-state index in [1.165, 1.54) is 25.3 Å². The first-order valence-electron chi connectivity index (χ1n) is 9.60. The lowest BCUT2D eigenvalue weighted by molar-refractivity contribution is -0.137. The molecule has 1 aromatic carbocycles. The molecule has 0 aliphatic carbocycles. The van der Waals surface area contributed by atoms with Crippen molar-refractivity contribution in [2.75, 3.05) is 25.6 Å². The average molecular weight is 406 g/mol.